The Morgan fingerprint density at radius 2 is 2.02 bits per heavy atom. The van der Waals surface area contributed by atoms with E-state index in [1.807, 2.05) is 0 Å². The zero-order valence-electron chi connectivity index (χ0n) is 21.1. The van der Waals surface area contributed by atoms with Gasteiger partial charge in [0.1, 0.15) is 18.2 Å². The lowest BCUT2D eigenvalue weighted by Crippen LogP contribution is -2.36. The summed E-state index contributed by atoms with van der Waals surface area (Å²) in [6, 6.07) is 8.33. The van der Waals surface area contributed by atoms with Crippen molar-refractivity contribution in [2.24, 2.45) is 17.6 Å². The predicted octanol–water partition coefficient (Wildman–Crippen LogP) is 2.84. The molecular formula is C26H21ClF2N10O2. The second-order valence-electron chi connectivity index (χ2n) is 9.72. The van der Waals surface area contributed by atoms with Gasteiger partial charge in [-0.3, -0.25) is 9.48 Å². The van der Waals surface area contributed by atoms with Gasteiger partial charge in [-0.15, -0.1) is 5.10 Å². The van der Waals surface area contributed by atoms with Crippen LogP contribution in [0.3, 0.4) is 0 Å². The maximum absolute atomic E-state index is 15.3. The predicted molar refractivity (Wildman–Crippen MR) is 142 cm³/mol. The van der Waals surface area contributed by atoms with Gasteiger partial charge in [0.05, 0.1) is 28.0 Å². The SMILES string of the molecule is NC(=O)[C@H]1C[C@@H]1C[C@@H](c1ccc(-c2c(-n3cnnn3)ccc(Cl)c2F)c[n+]1[O-])n1cc(-c2ccc(N)nc2F)cn1. The van der Waals surface area contributed by atoms with Crippen LogP contribution in [0.1, 0.15) is 24.6 Å². The van der Waals surface area contributed by atoms with Gasteiger partial charge >= 0.3 is 0 Å². The van der Waals surface area contributed by atoms with E-state index < -0.39 is 23.7 Å². The van der Waals surface area contributed by atoms with Crippen molar-refractivity contribution in [2.75, 3.05) is 5.73 Å². The molecule has 41 heavy (non-hydrogen) atoms. The number of halogens is 3. The summed E-state index contributed by atoms with van der Waals surface area (Å²) >= 11 is 6.07. The molecule has 4 N–H and O–H groups in total. The van der Waals surface area contributed by atoms with E-state index in [2.05, 4.69) is 25.6 Å². The second-order valence-corrected chi connectivity index (χ2v) is 10.1. The summed E-state index contributed by atoms with van der Waals surface area (Å²) in [6.45, 7) is 0. The van der Waals surface area contributed by atoms with E-state index in [0.717, 1.165) is 0 Å². The van der Waals surface area contributed by atoms with Crippen LogP contribution >= 0.6 is 11.6 Å². The number of carbonyl (C=O) groups is 1. The summed E-state index contributed by atoms with van der Waals surface area (Å²) in [7, 11) is 0. The number of amides is 1. The maximum Gasteiger partial charge on any atom is 0.222 e. The molecule has 0 bridgehead atoms. The van der Waals surface area contributed by atoms with Crippen LogP contribution in [0.4, 0.5) is 14.6 Å². The number of tetrazole rings is 1. The lowest BCUT2D eigenvalue weighted by atomic mass is 10.0. The highest BCUT2D eigenvalue weighted by Crippen LogP contribution is 2.45. The molecule has 0 saturated heterocycles. The Hall–Kier alpha value is -4.98. The van der Waals surface area contributed by atoms with E-state index in [9.17, 15) is 14.4 Å². The third-order valence-corrected chi connectivity index (χ3v) is 7.45. The quantitative estimate of drug-likeness (QED) is 0.161. The van der Waals surface area contributed by atoms with Crippen LogP contribution in [-0.4, -0.2) is 40.9 Å². The third kappa shape index (κ3) is 4.93. The lowest BCUT2D eigenvalue weighted by Gasteiger charge is -2.18. The fourth-order valence-corrected chi connectivity index (χ4v) is 5.15. The van der Waals surface area contributed by atoms with Crippen LogP contribution in [0.5, 0.6) is 0 Å². The molecule has 1 amide bonds. The van der Waals surface area contributed by atoms with Crippen LogP contribution in [0.25, 0.3) is 27.9 Å². The van der Waals surface area contributed by atoms with Gasteiger partial charge < -0.3 is 16.7 Å². The fourth-order valence-electron chi connectivity index (χ4n) is 4.99. The molecule has 0 aliphatic heterocycles. The summed E-state index contributed by atoms with van der Waals surface area (Å²) < 4.78 is 33.2. The first-order valence-electron chi connectivity index (χ1n) is 12.4. The molecule has 5 aromatic rings. The van der Waals surface area contributed by atoms with Gasteiger partial charge in [-0.1, -0.05) is 11.6 Å². The van der Waals surface area contributed by atoms with Gasteiger partial charge in [0.2, 0.25) is 17.5 Å². The van der Waals surface area contributed by atoms with E-state index in [1.165, 1.54) is 52.4 Å². The van der Waals surface area contributed by atoms with Gasteiger partial charge in [-0.05, 0) is 59.5 Å². The second kappa shape index (κ2) is 10.2. The largest absolute Gasteiger partial charge is 0.618 e. The number of primary amides is 1. The highest BCUT2D eigenvalue weighted by atomic mass is 35.5. The number of nitrogen functional groups attached to an aromatic ring is 1. The molecule has 4 aromatic heterocycles. The van der Waals surface area contributed by atoms with Crippen molar-refractivity contribution >= 4 is 23.3 Å². The molecule has 15 heteroatoms. The molecule has 1 aliphatic rings. The van der Waals surface area contributed by atoms with Crippen molar-refractivity contribution in [1.29, 1.82) is 0 Å². The topological polar surface area (TPSA) is 170 Å². The minimum absolute atomic E-state index is 0.0289. The molecular weight excluding hydrogens is 558 g/mol. The van der Waals surface area contributed by atoms with E-state index in [-0.39, 0.29) is 50.7 Å². The Morgan fingerprint density at radius 3 is 2.71 bits per heavy atom. The number of hydrogen-bond donors (Lipinski definition) is 2. The van der Waals surface area contributed by atoms with Gasteiger partial charge in [0.25, 0.3) is 0 Å². The summed E-state index contributed by atoms with van der Waals surface area (Å²) in [5.74, 6) is -2.28. The van der Waals surface area contributed by atoms with Crippen LogP contribution in [0, 0.1) is 28.8 Å². The number of rotatable bonds is 8. The molecule has 12 nitrogen and oxygen atoms in total. The van der Waals surface area contributed by atoms with Crippen molar-refractivity contribution in [3.05, 3.63) is 89.0 Å². The highest BCUT2D eigenvalue weighted by molar-refractivity contribution is 6.31. The Bertz CT molecular complexity index is 1780. The van der Waals surface area contributed by atoms with Gasteiger partial charge in [-0.2, -0.15) is 18.9 Å². The minimum atomic E-state index is -0.762. The first-order valence-corrected chi connectivity index (χ1v) is 12.8. The van der Waals surface area contributed by atoms with E-state index in [0.29, 0.717) is 23.1 Å². The Labute approximate surface area is 235 Å². The fraction of sp³-hybridized carbons (Fsp3) is 0.192. The molecule has 1 aliphatic carbocycles. The molecule has 1 fully saturated rings. The van der Waals surface area contributed by atoms with Crippen LogP contribution in [0.15, 0.2) is 61.3 Å². The average Bonchev–Trinajstić information content (AvgIpc) is 3.28. The minimum Gasteiger partial charge on any atom is -0.618 e. The van der Waals surface area contributed by atoms with Crippen LogP contribution < -0.4 is 16.2 Å². The zero-order valence-corrected chi connectivity index (χ0v) is 21.9. The van der Waals surface area contributed by atoms with Crippen molar-refractivity contribution in [3.8, 4) is 27.9 Å². The molecule has 4 heterocycles. The molecule has 6 rings (SSSR count). The molecule has 0 spiro atoms. The number of pyridine rings is 2. The van der Waals surface area contributed by atoms with Crippen molar-refractivity contribution in [3.63, 3.8) is 0 Å². The third-order valence-electron chi connectivity index (χ3n) is 7.16. The molecule has 0 radical (unpaired) electrons. The molecule has 1 saturated carbocycles. The normalized spacial score (nSPS) is 17.0. The smallest absolute Gasteiger partial charge is 0.222 e. The number of nitrogens with two attached hydrogens (primary N) is 2. The summed E-state index contributed by atoms with van der Waals surface area (Å²) in [5, 5.41) is 28.8. The average molecular weight is 579 g/mol. The number of aromatic nitrogens is 8. The number of anilines is 1. The number of carbonyl (C=O) groups excluding carboxylic acids is 1. The standard InChI is InChI=1S/C26H21ClF2N10O2/c27-18-3-5-20(38-12-32-35-36-38)23(24(18)28)13-1-4-19(39(41)11-13)21(8-14-7-17(14)26(31)40)37-10-15(9-33-37)16-2-6-22(30)34-25(16)29/h1-6,9-12,14,17,21H,7-8H2,(H2,30,34)(H2,31,40)/t14-,17+,21+/m1/s1. The highest BCUT2D eigenvalue weighted by Gasteiger charge is 2.44. The summed E-state index contributed by atoms with van der Waals surface area (Å²) in [4.78, 5) is 15.4. The zero-order chi connectivity index (χ0) is 28.8. The van der Waals surface area contributed by atoms with Crippen LogP contribution in [0.2, 0.25) is 5.02 Å². The molecule has 1 aromatic carbocycles. The monoisotopic (exact) mass is 578 g/mol. The van der Waals surface area contributed by atoms with Gasteiger partial charge in [0.15, 0.2) is 12.0 Å². The van der Waals surface area contributed by atoms with E-state index in [4.69, 9.17) is 23.1 Å². The Morgan fingerprint density at radius 1 is 1.20 bits per heavy atom. The maximum atomic E-state index is 15.3. The van der Waals surface area contributed by atoms with Crippen molar-refractivity contribution in [1.82, 2.24) is 35.0 Å². The summed E-state index contributed by atoms with van der Waals surface area (Å²) in [6.07, 6.45) is 6.49. The van der Waals surface area contributed by atoms with Crippen molar-refractivity contribution in [2.45, 2.75) is 18.9 Å². The number of nitrogens with zero attached hydrogens (tertiary/aromatic N) is 8. The number of hydrogen-bond acceptors (Lipinski definition) is 8. The molecule has 3 atom stereocenters. The molecule has 0 unspecified atom stereocenters. The van der Waals surface area contributed by atoms with E-state index >= 15 is 4.39 Å². The first kappa shape index (κ1) is 26.3. The van der Waals surface area contributed by atoms with Gasteiger partial charge in [-0.25, -0.2) is 9.37 Å². The van der Waals surface area contributed by atoms with Gasteiger partial charge in [0, 0.05) is 29.3 Å². The number of benzene rings is 1. The van der Waals surface area contributed by atoms with E-state index in [1.54, 1.807) is 18.3 Å². The summed E-state index contributed by atoms with van der Waals surface area (Å²) in [5.41, 5.74) is 12.5. The Kier molecular flexibility index (Phi) is 6.53. The Balaban J connectivity index is 1.41. The van der Waals surface area contributed by atoms with Crippen LogP contribution in [-0.2, 0) is 4.79 Å². The van der Waals surface area contributed by atoms with Crippen molar-refractivity contribution < 1.29 is 18.3 Å². The molecule has 208 valence electrons. The lowest BCUT2D eigenvalue weighted by molar-refractivity contribution is -0.615. The first-order chi connectivity index (χ1) is 19.7.